The van der Waals surface area contributed by atoms with Crippen LogP contribution in [0.15, 0.2) is 18.2 Å². The lowest BCUT2D eigenvalue weighted by Crippen LogP contribution is -2.35. The van der Waals surface area contributed by atoms with Crippen LogP contribution in [0, 0.1) is 0 Å². The second kappa shape index (κ2) is 5.98. The maximum atomic E-state index is 6.59. The first kappa shape index (κ1) is 13.7. The molecule has 19 heavy (non-hydrogen) atoms. The van der Waals surface area contributed by atoms with E-state index in [0.29, 0.717) is 10.5 Å². The van der Waals surface area contributed by atoms with Crippen molar-refractivity contribution in [3.8, 4) is 5.75 Å². The first-order valence-electron chi connectivity index (χ1n) is 7.04. The van der Waals surface area contributed by atoms with E-state index in [1.807, 2.05) is 11.8 Å². The highest BCUT2D eigenvalue weighted by molar-refractivity contribution is 8.07. The fourth-order valence-corrected chi connectivity index (χ4v) is 6.12. The van der Waals surface area contributed by atoms with Gasteiger partial charge in [-0.1, -0.05) is 25.1 Å². The van der Waals surface area contributed by atoms with Crippen molar-refractivity contribution in [1.29, 1.82) is 0 Å². The summed E-state index contributed by atoms with van der Waals surface area (Å²) in [5.41, 5.74) is 9.14. The molecule has 1 aromatic carbocycles. The summed E-state index contributed by atoms with van der Waals surface area (Å²) >= 11 is 4.13. The standard InChI is InChI=1S/C15H21NOS2/c1-2-12-15(19-9-8-18-12)13(16)11-5-3-4-10-6-7-17-14(10)11/h3-5,12-13,15H,2,6-9,16H2,1H3. The van der Waals surface area contributed by atoms with E-state index in [-0.39, 0.29) is 6.04 Å². The molecule has 3 rings (SSSR count). The van der Waals surface area contributed by atoms with Crippen LogP contribution in [0.4, 0.5) is 0 Å². The molecule has 2 aliphatic rings. The summed E-state index contributed by atoms with van der Waals surface area (Å²) in [6.07, 6.45) is 2.23. The lowest BCUT2D eigenvalue weighted by Gasteiger charge is -2.34. The van der Waals surface area contributed by atoms with Gasteiger partial charge in [0.2, 0.25) is 0 Å². The molecule has 3 unspecified atom stereocenters. The number of benzene rings is 1. The quantitative estimate of drug-likeness (QED) is 0.928. The van der Waals surface area contributed by atoms with Gasteiger partial charge in [0.25, 0.3) is 0 Å². The highest BCUT2D eigenvalue weighted by atomic mass is 32.2. The van der Waals surface area contributed by atoms with Crippen molar-refractivity contribution < 1.29 is 4.74 Å². The minimum absolute atomic E-state index is 0.0933. The normalized spacial score (nSPS) is 27.7. The molecule has 2 heterocycles. The smallest absolute Gasteiger partial charge is 0.127 e. The van der Waals surface area contributed by atoms with Crippen LogP contribution in [0.5, 0.6) is 5.75 Å². The van der Waals surface area contributed by atoms with Crippen LogP contribution in [-0.2, 0) is 6.42 Å². The van der Waals surface area contributed by atoms with E-state index in [1.165, 1.54) is 29.1 Å². The van der Waals surface area contributed by atoms with E-state index < -0.39 is 0 Å². The van der Waals surface area contributed by atoms with Gasteiger partial charge in [-0.25, -0.2) is 0 Å². The van der Waals surface area contributed by atoms with E-state index in [4.69, 9.17) is 10.5 Å². The zero-order valence-corrected chi connectivity index (χ0v) is 12.9. The van der Waals surface area contributed by atoms with Crippen molar-refractivity contribution in [2.75, 3.05) is 18.1 Å². The molecule has 0 saturated carbocycles. The Hall–Kier alpha value is -0.320. The first-order valence-corrected chi connectivity index (χ1v) is 9.14. The molecule has 2 aliphatic heterocycles. The summed E-state index contributed by atoms with van der Waals surface area (Å²) in [6.45, 7) is 3.08. The number of rotatable bonds is 3. The van der Waals surface area contributed by atoms with Gasteiger partial charge in [-0.15, -0.1) is 0 Å². The molecule has 1 aromatic rings. The summed E-state index contributed by atoms with van der Waals surface area (Å²) in [6, 6.07) is 6.54. The molecule has 0 bridgehead atoms. The number of para-hydroxylation sites is 1. The Kier molecular flexibility index (Phi) is 4.30. The van der Waals surface area contributed by atoms with Gasteiger partial charge in [0, 0.05) is 40.0 Å². The van der Waals surface area contributed by atoms with Crippen molar-refractivity contribution in [1.82, 2.24) is 0 Å². The van der Waals surface area contributed by atoms with Gasteiger partial charge in [0.1, 0.15) is 5.75 Å². The number of thioether (sulfide) groups is 2. The Labute approximate surface area is 123 Å². The van der Waals surface area contributed by atoms with Crippen LogP contribution in [0.2, 0.25) is 0 Å². The van der Waals surface area contributed by atoms with Crippen LogP contribution in [-0.4, -0.2) is 28.6 Å². The number of hydrogen-bond donors (Lipinski definition) is 1. The molecule has 4 heteroatoms. The predicted molar refractivity (Wildman–Crippen MR) is 85.4 cm³/mol. The van der Waals surface area contributed by atoms with Crippen molar-refractivity contribution in [2.24, 2.45) is 5.73 Å². The first-order chi connectivity index (χ1) is 9.31. The maximum Gasteiger partial charge on any atom is 0.127 e. The topological polar surface area (TPSA) is 35.2 Å². The van der Waals surface area contributed by atoms with Crippen LogP contribution in [0.25, 0.3) is 0 Å². The minimum Gasteiger partial charge on any atom is -0.493 e. The molecule has 0 aliphatic carbocycles. The number of ether oxygens (including phenoxy) is 1. The van der Waals surface area contributed by atoms with Gasteiger partial charge in [0.15, 0.2) is 0 Å². The second-order valence-electron chi connectivity index (χ2n) is 5.11. The van der Waals surface area contributed by atoms with E-state index in [9.17, 15) is 0 Å². The Morgan fingerprint density at radius 1 is 1.37 bits per heavy atom. The average molecular weight is 295 g/mol. The molecular weight excluding hydrogens is 274 g/mol. The molecule has 3 atom stereocenters. The number of fused-ring (bicyclic) bond motifs is 1. The summed E-state index contributed by atoms with van der Waals surface area (Å²) in [4.78, 5) is 0. The SMILES string of the molecule is CCC1SCCSC1C(N)c1cccc2c1OCC2. The van der Waals surface area contributed by atoms with Crippen LogP contribution < -0.4 is 10.5 Å². The summed E-state index contributed by atoms with van der Waals surface area (Å²) in [5, 5.41) is 1.19. The van der Waals surface area contributed by atoms with Crippen LogP contribution >= 0.6 is 23.5 Å². The molecule has 0 amide bonds. The number of nitrogens with two attached hydrogens (primary N) is 1. The monoisotopic (exact) mass is 295 g/mol. The van der Waals surface area contributed by atoms with Crippen LogP contribution in [0.3, 0.4) is 0 Å². The van der Waals surface area contributed by atoms with E-state index >= 15 is 0 Å². The highest BCUT2D eigenvalue weighted by Crippen LogP contribution is 2.42. The third-order valence-electron chi connectivity index (χ3n) is 3.95. The largest absolute Gasteiger partial charge is 0.493 e. The van der Waals surface area contributed by atoms with Crippen molar-refractivity contribution in [2.45, 2.75) is 36.3 Å². The van der Waals surface area contributed by atoms with E-state index in [0.717, 1.165) is 18.8 Å². The van der Waals surface area contributed by atoms with Crippen molar-refractivity contribution in [3.05, 3.63) is 29.3 Å². The Morgan fingerprint density at radius 2 is 2.21 bits per heavy atom. The summed E-state index contributed by atoms with van der Waals surface area (Å²) in [5.74, 6) is 3.55. The van der Waals surface area contributed by atoms with E-state index in [1.54, 1.807) is 0 Å². The summed E-state index contributed by atoms with van der Waals surface area (Å²) in [7, 11) is 0. The zero-order valence-electron chi connectivity index (χ0n) is 11.3. The third-order valence-corrected chi connectivity index (χ3v) is 7.32. The molecular formula is C15H21NOS2. The van der Waals surface area contributed by atoms with Gasteiger partial charge in [0.05, 0.1) is 6.61 Å². The van der Waals surface area contributed by atoms with Gasteiger partial charge >= 0.3 is 0 Å². The molecule has 0 spiro atoms. The van der Waals surface area contributed by atoms with Gasteiger partial charge in [-0.3, -0.25) is 0 Å². The minimum atomic E-state index is 0.0933. The lowest BCUT2D eigenvalue weighted by molar-refractivity contribution is 0.350. The molecule has 104 valence electrons. The lowest BCUT2D eigenvalue weighted by atomic mass is 9.98. The molecule has 1 fully saturated rings. The maximum absolute atomic E-state index is 6.59. The Morgan fingerprint density at radius 3 is 3.05 bits per heavy atom. The highest BCUT2D eigenvalue weighted by Gasteiger charge is 2.33. The van der Waals surface area contributed by atoms with Crippen molar-refractivity contribution >= 4 is 23.5 Å². The average Bonchev–Trinajstić information content (AvgIpc) is 2.94. The third kappa shape index (κ3) is 2.63. The zero-order chi connectivity index (χ0) is 13.2. The van der Waals surface area contributed by atoms with Gasteiger partial charge < -0.3 is 10.5 Å². The Balaban J connectivity index is 1.87. The summed E-state index contributed by atoms with van der Waals surface area (Å²) < 4.78 is 5.81. The molecule has 0 aromatic heterocycles. The Bertz CT molecular complexity index is 452. The van der Waals surface area contributed by atoms with E-state index in [2.05, 4.69) is 36.9 Å². The predicted octanol–water partition coefficient (Wildman–Crippen LogP) is 3.25. The number of hydrogen-bond acceptors (Lipinski definition) is 4. The fourth-order valence-electron chi connectivity index (χ4n) is 2.95. The van der Waals surface area contributed by atoms with Gasteiger partial charge in [-0.2, -0.15) is 23.5 Å². The van der Waals surface area contributed by atoms with Crippen molar-refractivity contribution in [3.63, 3.8) is 0 Å². The van der Waals surface area contributed by atoms with Crippen LogP contribution in [0.1, 0.15) is 30.5 Å². The molecule has 2 N–H and O–H groups in total. The van der Waals surface area contributed by atoms with Gasteiger partial charge in [-0.05, 0) is 12.0 Å². The fraction of sp³-hybridized carbons (Fsp3) is 0.600. The molecule has 0 radical (unpaired) electrons. The second-order valence-corrected chi connectivity index (χ2v) is 7.75. The molecule has 1 saturated heterocycles. The molecule has 2 nitrogen and oxygen atoms in total.